The van der Waals surface area contributed by atoms with Gasteiger partial charge in [0.2, 0.25) is 4.77 Å². The average Bonchev–Trinajstić information content (AvgIpc) is 2.51. The van der Waals surface area contributed by atoms with Crippen LogP contribution < -0.4 is 0 Å². The Labute approximate surface area is 85.0 Å². The van der Waals surface area contributed by atoms with Gasteiger partial charge in [0.25, 0.3) is 0 Å². The highest BCUT2D eigenvalue weighted by Crippen LogP contribution is 2.19. The molecule has 0 atom stereocenters. The third-order valence-electron chi connectivity index (χ3n) is 1.94. The molecular weight excluding hydrogens is 201 g/mol. The van der Waals surface area contributed by atoms with Crippen LogP contribution in [0, 0.1) is 17.5 Å². The van der Waals surface area contributed by atoms with Gasteiger partial charge in [-0.3, -0.25) is 10.2 Å². The molecule has 1 heterocycles. The lowest BCUT2D eigenvalue weighted by Crippen LogP contribution is -1.86. The van der Waals surface area contributed by atoms with Crippen molar-refractivity contribution < 1.29 is 4.39 Å². The zero-order chi connectivity index (χ0) is 10.1. The topological polar surface area (TPSA) is 44.5 Å². The summed E-state index contributed by atoms with van der Waals surface area (Å²) in [4.78, 5) is 4.05. The van der Waals surface area contributed by atoms with E-state index in [1.165, 1.54) is 12.1 Å². The maximum atomic E-state index is 12.8. The van der Waals surface area contributed by atoms with Crippen molar-refractivity contribution in [2.45, 2.75) is 6.92 Å². The van der Waals surface area contributed by atoms with Crippen LogP contribution in [0.25, 0.3) is 11.4 Å². The molecule has 0 aliphatic rings. The second-order valence-corrected chi connectivity index (χ2v) is 3.36. The third kappa shape index (κ3) is 1.58. The number of hydrogen-bond acceptors (Lipinski definition) is 2. The molecule has 0 fully saturated rings. The maximum Gasteiger partial charge on any atom is 0.213 e. The molecule has 3 nitrogen and oxygen atoms in total. The summed E-state index contributed by atoms with van der Waals surface area (Å²) >= 11 is 4.83. The number of halogens is 1. The van der Waals surface area contributed by atoms with Crippen molar-refractivity contribution in [2.24, 2.45) is 0 Å². The normalized spacial score (nSPS) is 10.4. The first-order chi connectivity index (χ1) is 6.66. The third-order valence-corrected chi connectivity index (χ3v) is 2.14. The van der Waals surface area contributed by atoms with Crippen LogP contribution in [0.4, 0.5) is 4.39 Å². The van der Waals surface area contributed by atoms with Gasteiger partial charge in [0.05, 0.1) is 0 Å². The van der Waals surface area contributed by atoms with Crippen molar-refractivity contribution in [3.05, 3.63) is 34.4 Å². The largest absolute Gasteiger partial charge is 0.282 e. The van der Waals surface area contributed by atoms with E-state index >= 15 is 0 Å². The fraction of sp³-hybridized carbons (Fsp3) is 0.111. The van der Waals surface area contributed by atoms with Gasteiger partial charge >= 0.3 is 0 Å². The van der Waals surface area contributed by atoms with Crippen molar-refractivity contribution in [1.82, 2.24) is 15.2 Å². The number of aromatic amines is 2. The van der Waals surface area contributed by atoms with Crippen molar-refractivity contribution >= 4 is 12.2 Å². The molecule has 0 saturated carbocycles. The number of benzene rings is 1. The Morgan fingerprint density at radius 2 is 2.14 bits per heavy atom. The van der Waals surface area contributed by atoms with Gasteiger partial charge in [-0.15, -0.1) is 0 Å². The van der Waals surface area contributed by atoms with Gasteiger partial charge in [-0.1, -0.05) is 0 Å². The van der Waals surface area contributed by atoms with E-state index in [1.807, 2.05) is 6.92 Å². The molecule has 0 aliphatic carbocycles. The zero-order valence-corrected chi connectivity index (χ0v) is 8.28. The van der Waals surface area contributed by atoms with Gasteiger partial charge in [0, 0.05) is 5.56 Å². The standard InChI is InChI=1S/C9H8FN3S/c1-5-4-6(10)2-3-7(5)8-11-9(14)13-12-8/h2-4H,1H3,(H2,11,12,13,14). The minimum atomic E-state index is -0.250. The molecule has 2 N–H and O–H groups in total. The number of aryl methyl sites for hydroxylation is 1. The molecule has 0 bridgehead atoms. The lowest BCUT2D eigenvalue weighted by molar-refractivity contribution is 0.627. The summed E-state index contributed by atoms with van der Waals surface area (Å²) in [6.45, 7) is 1.82. The highest BCUT2D eigenvalue weighted by Gasteiger charge is 2.05. The van der Waals surface area contributed by atoms with Gasteiger partial charge in [0.1, 0.15) is 5.82 Å². The summed E-state index contributed by atoms with van der Waals surface area (Å²) in [5.41, 5.74) is 1.67. The van der Waals surface area contributed by atoms with Gasteiger partial charge in [-0.05, 0) is 42.9 Å². The molecule has 1 aromatic carbocycles. The summed E-state index contributed by atoms with van der Waals surface area (Å²) < 4.78 is 13.2. The first-order valence-corrected chi connectivity index (χ1v) is 4.49. The van der Waals surface area contributed by atoms with Crippen LogP contribution in [0.2, 0.25) is 0 Å². The predicted molar refractivity (Wildman–Crippen MR) is 53.9 cm³/mol. The van der Waals surface area contributed by atoms with E-state index in [1.54, 1.807) is 6.07 Å². The molecule has 14 heavy (non-hydrogen) atoms. The minimum Gasteiger partial charge on any atom is -0.282 e. The molecule has 0 spiro atoms. The van der Waals surface area contributed by atoms with Crippen molar-refractivity contribution in [1.29, 1.82) is 0 Å². The number of nitrogens with zero attached hydrogens (tertiary/aromatic N) is 1. The number of hydrogen-bond donors (Lipinski definition) is 2. The number of rotatable bonds is 1. The van der Waals surface area contributed by atoms with E-state index in [2.05, 4.69) is 15.2 Å². The van der Waals surface area contributed by atoms with E-state index in [0.29, 0.717) is 10.6 Å². The Kier molecular flexibility index (Phi) is 2.17. The molecule has 2 aromatic rings. The minimum absolute atomic E-state index is 0.250. The van der Waals surface area contributed by atoms with Gasteiger partial charge in [-0.2, -0.15) is 4.98 Å². The van der Waals surface area contributed by atoms with E-state index in [9.17, 15) is 4.39 Å². The summed E-state index contributed by atoms with van der Waals surface area (Å²) in [6.07, 6.45) is 0. The fourth-order valence-electron chi connectivity index (χ4n) is 1.29. The maximum absolute atomic E-state index is 12.8. The molecule has 0 radical (unpaired) electrons. The Morgan fingerprint density at radius 1 is 1.36 bits per heavy atom. The van der Waals surface area contributed by atoms with E-state index in [-0.39, 0.29) is 5.82 Å². The molecular formula is C9H8FN3S. The lowest BCUT2D eigenvalue weighted by Gasteiger charge is -2.00. The highest BCUT2D eigenvalue weighted by atomic mass is 32.1. The van der Waals surface area contributed by atoms with Crippen LogP contribution in [0.1, 0.15) is 5.56 Å². The first kappa shape index (κ1) is 9.08. The Morgan fingerprint density at radius 3 is 2.71 bits per heavy atom. The highest BCUT2D eigenvalue weighted by molar-refractivity contribution is 7.71. The molecule has 72 valence electrons. The Hall–Kier alpha value is -1.49. The van der Waals surface area contributed by atoms with Crippen molar-refractivity contribution in [3.63, 3.8) is 0 Å². The van der Waals surface area contributed by atoms with Crippen LogP contribution in [0.15, 0.2) is 18.2 Å². The van der Waals surface area contributed by atoms with Crippen LogP contribution >= 0.6 is 12.2 Å². The number of aromatic nitrogens is 3. The molecule has 0 saturated heterocycles. The molecule has 2 rings (SSSR count). The van der Waals surface area contributed by atoms with Gasteiger partial charge in [0.15, 0.2) is 5.82 Å². The first-order valence-electron chi connectivity index (χ1n) is 4.08. The summed E-state index contributed by atoms with van der Waals surface area (Å²) in [7, 11) is 0. The summed E-state index contributed by atoms with van der Waals surface area (Å²) in [5, 5.41) is 5.51. The second kappa shape index (κ2) is 3.34. The van der Waals surface area contributed by atoms with Gasteiger partial charge in [-0.25, -0.2) is 4.39 Å². The molecule has 0 unspecified atom stereocenters. The molecule has 1 aromatic heterocycles. The van der Waals surface area contributed by atoms with E-state index < -0.39 is 0 Å². The monoisotopic (exact) mass is 209 g/mol. The van der Waals surface area contributed by atoms with E-state index in [4.69, 9.17) is 12.2 Å². The molecule has 0 amide bonds. The zero-order valence-electron chi connectivity index (χ0n) is 7.47. The van der Waals surface area contributed by atoms with Crippen molar-refractivity contribution in [2.75, 3.05) is 0 Å². The Bertz CT molecular complexity index is 515. The number of nitrogens with one attached hydrogen (secondary N) is 2. The van der Waals surface area contributed by atoms with Gasteiger partial charge < -0.3 is 0 Å². The average molecular weight is 209 g/mol. The second-order valence-electron chi connectivity index (χ2n) is 2.97. The molecule has 0 aliphatic heterocycles. The lowest BCUT2D eigenvalue weighted by atomic mass is 10.1. The van der Waals surface area contributed by atoms with E-state index in [0.717, 1.165) is 11.1 Å². The number of H-pyrrole nitrogens is 2. The predicted octanol–water partition coefficient (Wildman–Crippen LogP) is 2.58. The van der Waals surface area contributed by atoms with Crippen LogP contribution in [-0.2, 0) is 0 Å². The summed E-state index contributed by atoms with van der Waals surface area (Å²) in [5.74, 6) is 0.382. The van der Waals surface area contributed by atoms with Crippen LogP contribution in [0.5, 0.6) is 0 Å². The SMILES string of the molecule is Cc1cc(F)ccc1-c1nc(=S)[nH][nH]1. The smallest absolute Gasteiger partial charge is 0.213 e. The van der Waals surface area contributed by atoms with Crippen LogP contribution in [0.3, 0.4) is 0 Å². The Balaban J connectivity index is 2.57. The van der Waals surface area contributed by atoms with Crippen LogP contribution in [-0.4, -0.2) is 15.2 Å². The summed E-state index contributed by atoms with van der Waals surface area (Å²) in [6, 6.07) is 4.53. The molecule has 5 heteroatoms. The van der Waals surface area contributed by atoms with Crippen molar-refractivity contribution in [3.8, 4) is 11.4 Å². The quantitative estimate of drug-likeness (QED) is 0.709. The fourth-order valence-corrected chi connectivity index (χ4v) is 1.43.